The molecule has 0 amide bonds. The Balaban J connectivity index is 1.98. The standard InChI is InChI=1S/C24H15N3/c25-14-16-9-17(15-26)11-20(10-16)27-23-8-4-3-7-21(23)22-12-18-5-1-2-6-19(18)13-24(22)27/h1-14,25H. The number of benzene rings is 4. The molecule has 0 atom stereocenters. The van der Waals surface area contributed by atoms with Crippen LogP contribution in [0.5, 0.6) is 0 Å². The maximum Gasteiger partial charge on any atom is 0.0992 e. The fourth-order valence-corrected chi connectivity index (χ4v) is 3.84. The van der Waals surface area contributed by atoms with Gasteiger partial charge in [0.1, 0.15) is 0 Å². The van der Waals surface area contributed by atoms with E-state index in [0.29, 0.717) is 5.56 Å². The van der Waals surface area contributed by atoms with Crippen LogP contribution in [-0.4, -0.2) is 10.8 Å². The highest BCUT2D eigenvalue weighted by Crippen LogP contribution is 2.35. The van der Waals surface area contributed by atoms with Crippen LogP contribution in [0.3, 0.4) is 0 Å². The molecular formula is C24H15N3. The van der Waals surface area contributed by atoms with Gasteiger partial charge in [0, 0.05) is 22.7 Å². The topological polar surface area (TPSA) is 52.6 Å². The van der Waals surface area contributed by atoms with Gasteiger partial charge in [0.15, 0.2) is 0 Å². The highest BCUT2D eigenvalue weighted by Gasteiger charge is 2.14. The van der Waals surface area contributed by atoms with E-state index in [9.17, 15) is 5.26 Å². The van der Waals surface area contributed by atoms with Crippen LogP contribution in [0.4, 0.5) is 0 Å². The number of hydrogen-bond donors (Lipinski definition) is 1. The molecule has 27 heavy (non-hydrogen) atoms. The first-order valence-electron chi connectivity index (χ1n) is 8.76. The minimum absolute atomic E-state index is 0.553. The molecule has 0 saturated heterocycles. The van der Waals surface area contributed by atoms with Gasteiger partial charge in [-0.2, -0.15) is 5.26 Å². The monoisotopic (exact) mass is 345 g/mol. The van der Waals surface area contributed by atoms with E-state index in [1.807, 2.05) is 24.3 Å². The molecule has 0 fully saturated rings. The second-order valence-corrected chi connectivity index (χ2v) is 6.64. The van der Waals surface area contributed by atoms with Crippen molar-refractivity contribution in [1.82, 2.24) is 4.57 Å². The van der Waals surface area contributed by atoms with Crippen molar-refractivity contribution in [3.63, 3.8) is 0 Å². The van der Waals surface area contributed by atoms with Gasteiger partial charge in [-0.3, -0.25) is 0 Å². The first kappa shape index (κ1) is 15.4. The van der Waals surface area contributed by atoms with Gasteiger partial charge < -0.3 is 9.98 Å². The lowest BCUT2D eigenvalue weighted by atomic mass is 10.1. The second kappa shape index (κ2) is 5.82. The van der Waals surface area contributed by atoms with Gasteiger partial charge in [-0.1, -0.05) is 42.5 Å². The third-order valence-electron chi connectivity index (χ3n) is 5.03. The second-order valence-electron chi connectivity index (χ2n) is 6.64. The predicted molar refractivity (Wildman–Crippen MR) is 111 cm³/mol. The van der Waals surface area contributed by atoms with Gasteiger partial charge in [-0.15, -0.1) is 0 Å². The van der Waals surface area contributed by atoms with Crippen LogP contribution in [-0.2, 0) is 0 Å². The molecule has 0 unspecified atom stereocenters. The average Bonchev–Trinajstić information content (AvgIpc) is 3.05. The van der Waals surface area contributed by atoms with Crippen molar-refractivity contribution in [2.24, 2.45) is 0 Å². The summed E-state index contributed by atoms with van der Waals surface area (Å²) in [5.41, 5.74) is 4.36. The fourth-order valence-electron chi connectivity index (χ4n) is 3.84. The molecule has 0 spiro atoms. The first-order chi connectivity index (χ1) is 13.3. The molecule has 5 aromatic rings. The summed E-state index contributed by atoms with van der Waals surface area (Å²) in [5, 5.41) is 21.8. The number of aromatic nitrogens is 1. The van der Waals surface area contributed by atoms with Crippen LogP contribution >= 0.6 is 0 Å². The minimum atomic E-state index is 0.553. The molecule has 4 aromatic carbocycles. The van der Waals surface area contributed by atoms with Crippen LogP contribution in [0.2, 0.25) is 0 Å². The van der Waals surface area contributed by atoms with E-state index in [1.54, 1.807) is 6.07 Å². The van der Waals surface area contributed by atoms with Crippen LogP contribution < -0.4 is 0 Å². The van der Waals surface area contributed by atoms with Crippen LogP contribution in [0, 0.1) is 16.7 Å². The molecule has 0 bridgehead atoms. The van der Waals surface area contributed by atoms with Crippen LogP contribution in [0.25, 0.3) is 38.3 Å². The third-order valence-corrected chi connectivity index (χ3v) is 5.03. The van der Waals surface area contributed by atoms with E-state index in [2.05, 4.69) is 59.2 Å². The number of para-hydroxylation sites is 1. The molecule has 3 heteroatoms. The summed E-state index contributed by atoms with van der Waals surface area (Å²) in [5.74, 6) is 0. The molecule has 1 N–H and O–H groups in total. The lowest BCUT2D eigenvalue weighted by molar-refractivity contribution is 1.18. The average molecular weight is 345 g/mol. The molecule has 0 aliphatic carbocycles. The zero-order valence-corrected chi connectivity index (χ0v) is 14.5. The Kier molecular flexibility index (Phi) is 3.31. The Hall–Kier alpha value is -3.90. The van der Waals surface area contributed by atoms with Gasteiger partial charge in [0.2, 0.25) is 0 Å². The maximum absolute atomic E-state index is 9.41. The smallest absolute Gasteiger partial charge is 0.0992 e. The molecule has 1 heterocycles. The lowest BCUT2D eigenvalue weighted by Gasteiger charge is -2.10. The van der Waals surface area contributed by atoms with E-state index in [1.165, 1.54) is 27.8 Å². The Labute approximate surface area is 156 Å². The molecule has 126 valence electrons. The van der Waals surface area contributed by atoms with Crippen molar-refractivity contribution in [2.45, 2.75) is 0 Å². The van der Waals surface area contributed by atoms with E-state index < -0.39 is 0 Å². The summed E-state index contributed by atoms with van der Waals surface area (Å²) in [6.07, 6.45) is 1.29. The zero-order valence-electron chi connectivity index (χ0n) is 14.5. The summed E-state index contributed by atoms with van der Waals surface area (Å²) in [6, 6.07) is 28.9. The highest BCUT2D eigenvalue weighted by atomic mass is 15.0. The molecule has 0 aliphatic heterocycles. The summed E-state index contributed by atoms with van der Waals surface area (Å²) >= 11 is 0. The summed E-state index contributed by atoms with van der Waals surface area (Å²) in [7, 11) is 0. The van der Waals surface area contributed by atoms with Gasteiger partial charge in [-0.25, -0.2) is 0 Å². The van der Waals surface area contributed by atoms with E-state index in [0.717, 1.165) is 22.3 Å². The van der Waals surface area contributed by atoms with Gasteiger partial charge in [0.05, 0.1) is 22.7 Å². The zero-order chi connectivity index (χ0) is 18.4. The van der Waals surface area contributed by atoms with Gasteiger partial charge in [-0.05, 0) is 52.7 Å². The SMILES string of the molecule is N#Cc1cc(C=N)cc(-n2c3ccccc3c3cc4ccccc4cc32)c1. The van der Waals surface area contributed by atoms with Crippen LogP contribution in [0.15, 0.2) is 78.9 Å². The van der Waals surface area contributed by atoms with Crippen molar-refractivity contribution in [2.75, 3.05) is 0 Å². The number of nitrogens with one attached hydrogen (secondary N) is 1. The molecule has 1 aromatic heterocycles. The van der Waals surface area contributed by atoms with Crippen molar-refractivity contribution in [3.05, 3.63) is 90.0 Å². The summed E-state index contributed by atoms with van der Waals surface area (Å²) in [4.78, 5) is 0. The van der Waals surface area contributed by atoms with Crippen LogP contribution in [0.1, 0.15) is 11.1 Å². The summed E-state index contributed by atoms with van der Waals surface area (Å²) < 4.78 is 2.19. The van der Waals surface area contributed by atoms with Crippen molar-refractivity contribution in [3.8, 4) is 11.8 Å². The Morgan fingerprint density at radius 2 is 1.52 bits per heavy atom. The Morgan fingerprint density at radius 3 is 2.30 bits per heavy atom. The number of nitrogens with zero attached hydrogens (tertiary/aromatic N) is 2. The predicted octanol–water partition coefficient (Wildman–Crippen LogP) is 5.81. The Morgan fingerprint density at radius 1 is 0.778 bits per heavy atom. The number of nitriles is 1. The lowest BCUT2D eigenvalue weighted by Crippen LogP contribution is -1.96. The Bertz CT molecular complexity index is 1400. The molecule has 5 rings (SSSR count). The quantitative estimate of drug-likeness (QED) is 0.403. The van der Waals surface area contributed by atoms with Crippen molar-refractivity contribution in [1.29, 1.82) is 10.7 Å². The third kappa shape index (κ3) is 2.32. The normalized spacial score (nSPS) is 11.1. The number of fused-ring (bicyclic) bond motifs is 4. The maximum atomic E-state index is 9.41. The van der Waals surface area contributed by atoms with E-state index in [-0.39, 0.29) is 0 Å². The molecule has 0 aliphatic rings. The van der Waals surface area contributed by atoms with Crippen molar-refractivity contribution >= 4 is 38.8 Å². The minimum Gasteiger partial charge on any atom is -0.309 e. The largest absolute Gasteiger partial charge is 0.309 e. The molecule has 0 radical (unpaired) electrons. The molecule has 3 nitrogen and oxygen atoms in total. The molecular weight excluding hydrogens is 330 g/mol. The van der Waals surface area contributed by atoms with E-state index >= 15 is 0 Å². The fraction of sp³-hybridized carbons (Fsp3) is 0. The van der Waals surface area contributed by atoms with Gasteiger partial charge >= 0.3 is 0 Å². The number of rotatable bonds is 2. The number of hydrogen-bond acceptors (Lipinski definition) is 2. The van der Waals surface area contributed by atoms with Crippen molar-refractivity contribution < 1.29 is 0 Å². The highest BCUT2D eigenvalue weighted by molar-refractivity contribution is 6.13. The first-order valence-corrected chi connectivity index (χ1v) is 8.76. The van der Waals surface area contributed by atoms with E-state index in [4.69, 9.17) is 5.41 Å². The van der Waals surface area contributed by atoms with Gasteiger partial charge in [0.25, 0.3) is 0 Å². The summed E-state index contributed by atoms with van der Waals surface area (Å²) in [6.45, 7) is 0. The molecule has 0 saturated carbocycles.